The summed E-state index contributed by atoms with van der Waals surface area (Å²) >= 11 is 0. The number of benzene rings is 1. The van der Waals surface area contributed by atoms with Crippen LogP contribution in [0.25, 0.3) is 0 Å². The van der Waals surface area contributed by atoms with E-state index in [1.54, 1.807) is 0 Å². The van der Waals surface area contributed by atoms with Gasteiger partial charge in [-0.2, -0.15) is 0 Å². The first kappa shape index (κ1) is 14.5. The van der Waals surface area contributed by atoms with Crippen molar-refractivity contribution >= 4 is 12.4 Å². The summed E-state index contributed by atoms with van der Waals surface area (Å²) in [5.74, 6) is 0. The first-order valence-electron chi connectivity index (χ1n) is 6.20. The number of hydrogen-bond acceptors (Lipinski definition) is 2. The van der Waals surface area contributed by atoms with Gasteiger partial charge in [0.25, 0.3) is 0 Å². The third-order valence-electron chi connectivity index (χ3n) is 3.57. The third kappa shape index (κ3) is 3.70. The lowest BCUT2D eigenvalue weighted by Gasteiger charge is -2.31. The Morgan fingerprint density at radius 2 is 1.94 bits per heavy atom. The van der Waals surface area contributed by atoms with Gasteiger partial charge in [0.15, 0.2) is 0 Å². The number of piperidine rings is 1. The van der Waals surface area contributed by atoms with Gasteiger partial charge in [0.2, 0.25) is 0 Å². The minimum absolute atomic E-state index is 0. The molecule has 0 unspecified atom stereocenters. The number of rotatable bonds is 2. The van der Waals surface area contributed by atoms with Gasteiger partial charge in [-0.3, -0.25) is 4.90 Å². The van der Waals surface area contributed by atoms with E-state index in [1.807, 2.05) is 0 Å². The van der Waals surface area contributed by atoms with Crippen molar-refractivity contribution in [3.63, 3.8) is 0 Å². The molecule has 0 aromatic heterocycles. The fraction of sp³-hybridized carbons (Fsp3) is 0.571. The van der Waals surface area contributed by atoms with Gasteiger partial charge in [-0.25, -0.2) is 0 Å². The van der Waals surface area contributed by atoms with Crippen LogP contribution in [-0.4, -0.2) is 24.0 Å². The number of aryl methyl sites for hydroxylation is 2. The largest absolute Gasteiger partial charge is 0.327 e. The smallest absolute Gasteiger partial charge is 0.0239 e. The Morgan fingerprint density at radius 1 is 1.29 bits per heavy atom. The SMILES string of the molecule is Cc1cccc(C)c1CN1CCC[C@@H](N)C1.Cl. The summed E-state index contributed by atoms with van der Waals surface area (Å²) in [5, 5.41) is 0. The highest BCUT2D eigenvalue weighted by atomic mass is 35.5. The van der Waals surface area contributed by atoms with Crippen molar-refractivity contribution in [2.75, 3.05) is 13.1 Å². The molecular formula is C14H23ClN2. The molecule has 0 spiro atoms. The standard InChI is InChI=1S/C14H22N2.ClH/c1-11-5-3-6-12(2)14(11)10-16-8-4-7-13(15)9-16;/h3,5-6,13H,4,7-10,15H2,1-2H3;1H/t13-;/m1./s1. The molecule has 1 fully saturated rings. The van der Waals surface area contributed by atoms with Gasteiger partial charge in [0.05, 0.1) is 0 Å². The fourth-order valence-electron chi connectivity index (χ4n) is 2.56. The molecule has 1 heterocycles. The van der Waals surface area contributed by atoms with Gasteiger partial charge in [0, 0.05) is 19.1 Å². The molecule has 1 aliphatic heterocycles. The molecule has 96 valence electrons. The van der Waals surface area contributed by atoms with E-state index in [2.05, 4.69) is 36.9 Å². The van der Waals surface area contributed by atoms with Gasteiger partial charge in [-0.05, 0) is 49.9 Å². The summed E-state index contributed by atoms with van der Waals surface area (Å²) < 4.78 is 0. The highest BCUT2D eigenvalue weighted by Crippen LogP contribution is 2.18. The second-order valence-corrected chi connectivity index (χ2v) is 5.01. The van der Waals surface area contributed by atoms with E-state index in [9.17, 15) is 0 Å². The van der Waals surface area contributed by atoms with Crippen LogP contribution in [0.5, 0.6) is 0 Å². The minimum Gasteiger partial charge on any atom is -0.327 e. The van der Waals surface area contributed by atoms with Crippen molar-refractivity contribution in [2.45, 2.75) is 39.3 Å². The van der Waals surface area contributed by atoms with Crippen LogP contribution in [-0.2, 0) is 6.54 Å². The van der Waals surface area contributed by atoms with Crippen LogP contribution < -0.4 is 5.73 Å². The normalized spacial score (nSPS) is 21.0. The van der Waals surface area contributed by atoms with Crippen molar-refractivity contribution < 1.29 is 0 Å². The molecule has 1 aromatic carbocycles. The molecular weight excluding hydrogens is 232 g/mol. The molecule has 0 bridgehead atoms. The number of halogens is 1. The van der Waals surface area contributed by atoms with Gasteiger partial charge in [0.1, 0.15) is 0 Å². The average Bonchev–Trinajstić information content (AvgIpc) is 2.24. The molecule has 0 amide bonds. The lowest BCUT2D eigenvalue weighted by atomic mass is 10.0. The number of likely N-dealkylation sites (tertiary alicyclic amines) is 1. The predicted molar refractivity (Wildman–Crippen MR) is 75.7 cm³/mol. The Bertz CT molecular complexity index is 345. The van der Waals surface area contributed by atoms with Crippen molar-refractivity contribution in [1.29, 1.82) is 0 Å². The summed E-state index contributed by atoms with van der Waals surface area (Å²) in [4.78, 5) is 2.49. The zero-order valence-electron chi connectivity index (χ0n) is 10.8. The zero-order chi connectivity index (χ0) is 11.5. The molecule has 1 aliphatic rings. The predicted octanol–water partition coefficient (Wildman–Crippen LogP) is 2.65. The summed E-state index contributed by atoms with van der Waals surface area (Å²) in [5.41, 5.74) is 10.3. The highest BCUT2D eigenvalue weighted by Gasteiger charge is 2.17. The molecule has 17 heavy (non-hydrogen) atoms. The Hall–Kier alpha value is -0.570. The summed E-state index contributed by atoms with van der Waals surface area (Å²) in [6.07, 6.45) is 2.43. The van der Waals surface area contributed by atoms with Gasteiger partial charge >= 0.3 is 0 Å². The molecule has 2 nitrogen and oxygen atoms in total. The second kappa shape index (κ2) is 6.39. The molecule has 1 aromatic rings. The minimum atomic E-state index is 0. The molecule has 2 N–H and O–H groups in total. The van der Waals surface area contributed by atoms with E-state index in [1.165, 1.54) is 36.1 Å². The van der Waals surface area contributed by atoms with Crippen molar-refractivity contribution in [3.05, 3.63) is 34.9 Å². The van der Waals surface area contributed by atoms with Crippen LogP contribution in [0.2, 0.25) is 0 Å². The first-order valence-corrected chi connectivity index (χ1v) is 6.20. The van der Waals surface area contributed by atoms with Crippen molar-refractivity contribution in [1.82, 2.24) is 4.90 Å². The summed E-state index contributed by atoms with van der Waals surface area (Å²) in [7, 11) is 0. The van der Waals surface area contributed by atoms with Crippen molar-refractivity contribution in [3.8, 4) is 0 Å². The van der Waals surface area contributed by atoms with Gasteiger partial charge < -0.3 is 5.73 Å². The van der Waals surface area contributed by atoms with Crippen LogP contribution in [0.1, 0.15) is 29.5 Å². The third-order valence-corrected chi connectivity index (χ3v) is 3.57. The van der Waals surface area contributed by atoms with E-state index in [4.69, 9.17) is 5.73 Å². The highest BCUT2D eigenvalue weighted by molar-refractivity contribution is 5.85. The van der Waals surface area contributed by atoms with Crippen molar-refractivity contribution in [2.24, 2.45) is 5.73 Å². The quantitative estimate of drug-likeness (QED) is 0.879. The Labute approximate surface area is 111 Å². The van der Waals surface area contributed by atoms with E-state index in [0.717, 1.165) is 13.1 Å². The van der Waals surface area contributed by atoms with Crippen LogP contribution >= 0.6 is 12.4 Å². The van der Waals surface area contributed by atoms with Crippen LogP contribution in [0.3, 0.4) is 0 Å². The molecule has 1 atom stereocenters. The van der Waals surface area contributed by atoms with Gasteiger partial charge in [-0.1, -0.05) is 18.2 Å². The lowest BCUT2D eigenvalue weighted by molar-refractivity contribution is 0.201. The van der Waals surface area contributed by atoms with Crippen LogP contribution in [0.15, 0.2) is 18.2 Å². The molecule has 0 aliphatic carbocycles. The number of nitrogens with two attached hydrogens (primary N) is 1. The number of hydrogen-bond donors (Lipinski definition) is 1. The van der Waals surface area contributed by atoms with E-state index >= 15 is 0 Å². The average molecular weight is 255 g/mol. The summed E-state index contributed by atoms with van der Waals surface area (Å²) in [6.45, 7) is 7.71. The fourth-order valence-corrected chi connectivity index (χ4v) is 2.56. The van der Waals surface area contributed by atoms with E-state index in [-0.39, 0.29) is 12.4 Å². The first-order chi connectivity index (χ1) is 7.66. The molecule has 1 saturated heterocycles. The molecule has 0 saturated carbocycles. The topological polar surface area (TPSA) is 29.3 Å². The Kier molecular flexibility index (Phi) is 5.44. The Morgan fingerprint density at radius 3 is 2.53 bits per heavy atom. The summed E-state index contributed by atoms with van der Waals surface area (Å²) in [6, 6.07) is 6.91. The zero-order valence-corrected chi connectivity index (χ0v) is 11.6. The van der Waals surface area contributed by atoms with Crippen LogP contribution in [0.4, 0.5) is 0 Å². The van der Waals surface area contributed by atoms with E-state index < -0.39 is 0 Å². The van der Waals surface area contributed by atoms with Gasteiger partial charge in [-0.15, -0.1) is 12.4 Å². The molecule has 3 heteroatoms. The maximum Gasteiger partial charge on any atom is 0.0239 e. The molecule has 0 radical (unpaired) electrons. The maximum absolute atomic E-state index is 6.01. The maximum atomic E-state index is 6.01. The van der Waals surface area contributed by atoms with Crippen LogP contribution in [0, 0.1) is 13.8 Å². The molecule has 2 rings (SSSR count). The van der Waals surface area contributed by atoms with E-state index in [0.29, 0.717) is 6.04 Å². The lowest BCUT2D eigenvalue weighted by Crippen LogP contribution is -2.42. The second-order valence-electron chi connectivity index (χ2n) is 5.01. The monoisotopic (exact) mass is 254 g/mol. The number of nitrogens with zero attached hydrogens (tertiary/aromatic N) is 1. The Balaban J connectivity index is 0.00000144.